The van der Waals surface area contributed by atoms with Crippen molar-refractivity contribution in [2.24, 2.45) is 0 Å². The standard InChI is InChI=1S/C11H20N4O2S/c1-5-8(2)12-9(16)7-18-11-14-13-10(17-11)6-15(3)4/h8H,5-7H2,1-4H3,(H,12,16)/t8-/m1/s1. The maximum Gasteiger partial charge on any atom is 0.277 e. The van der Waals surface area contributed by atoms with E-state index >= 15 is 0 Å². The Morgan fingerprint density at radius 1 is 1.50 bits per heavy atom. The van der Waals surface area contributed by atoms with Crippen molar-refractivity contribution in [2.75, 3.05) is 19.8 Å². The van der Waals surface area contributed by atoms with Gasteiger partial charge in [-0.3, -0.25) is 4.79 Å². The van der Waals surface area contributed by atoms with Crippen molar-refractivity contribution in [2.45, 2.75) is 38.1 Å². The van der Waals surface area contributed by atoms with Crippen molar-refractivity contribution in [3.63, 3.8) is 0 Å². The smallest absolute Gasteiger partial charge is 0.277 e. The fraction of sp³-hybridized carbons (Fsp3) is 0.727. The minimum absolute atomic E-state index is 0.0123. The summed E-state index contributed by atoms with van der Waals surface area (Å²) >= 11 is 1.26. The molecule has 1 rings (SSSR count). The summed E-state index contributed by atoms with van der Waals surface area (Å²) in [6.45, 7) is 4.61. The summed E-state index contributed by atoms with van der Waals surface area (Å²) in [7, 11) is 3.85. The first-order chi connectivity index (χ1) is 8.51. The molecular weight excluding hydrogens is 252 g/mol. The van der Waals surface area contributed by atoms with Gasteiger partial charge in [-0.25, -0.2) is 0 Å². The van der Waals surface area contributed by atoms with Gasteiger partial charge in [-0.15, -0.1) is 10.2 Å². The molecule has 102 valence electrons. The van der Waals surface area contributed by atoms with Crippen LogP contribution in [0.3, 0.4) is 0 Å². The Kier molecular flexibility index (Phi) is 6.14. The van der Waals surface area contributed by atoms with Gasteiger partial charge in [-0.1, -0.05) is 18.7 Å². The van der Waals surface area contributed by atoms with E-state index < -0.39 is 0 Å². The molecular formula is C11H20N4O2S. The van der Waals surface area contributed by atoms with Crippen molar-refractivity contribution in [3.8, 4) is 0 Å². The van der Waals surface area contributed by atoms with Crippen molar-refractivity contribution in [1.29, 1.82) is 0 Å². The number of carbonyl (C=O) groups is 1. The Labute approximate surface area is 112 Å². The normalized spacial score (nSPS) is 12.7. The van der Waals surface area contributed by atoms with Crippen LogP contribution >= 0.6 is 11.8 Å². The van der Waals surface area contributed by atoms with Gasteiger partial charge >= 0.3 is 0 Å². The first-order valence-electron chi connectivity index (χ1n) is 5.90. The lowest BCUT2D eigenvalue weighted by Crippen LogP contribution is -2.33. The van der Waals surface area contributed by atoms with Crippen LogP contribution in [0.15, 0.2) is 9.64 Å². The van der Waals surface area contributed by atoms with Gasteiger partial charge in [0, 0.05) is 6.04 Å². The predicted molar refractivity (Wildman–Crippen MR) is 70.3 cm³/mol. The molecule has 1 N–H and O–H groups in total. The number of hydrogen-bond donors (Lipinski definition) is 1. The SMILES string of the molecule is CC[C@@H](C)NC(=O)CSc1nnc(CN(C)C)o1. The van der Waals surface area contributed by atoms with E-state index in [2.05, 4.69) is 15.5 Å². The second kappa shape index (κ2) is 7.38. The molecule has 0 radical (unpaired) electrons. The third-order valence-corrected chi connectivity index (χ3v) is 3.06. The summed E-state index contributed by atoms with van der Waals surface area (Å²) in [5.74, 6) is 0.847. The topological polar surface area (TPSA) is 71.3 Å². The van der Waals surface area contributed by atoms with Crippen molar-refractivity contribution < 1.29 is 9.21 Å². The number of amides is 1. The summed E-state index contributed by atoms with van der Waals surface area (Å²) < 4.78 is 5.40. The monoisotopic (exact) mass is 272 g/mol. The van der Waals surface area contributed by atoms with Crippen LogP contribution in [0, 0.1) is 0 Å². The maximum atomic E-state index is 11.5. The molecule has 0 saturated carbocycles. The first-order valence-corrected chi connectivity index (χ1v) is 6.89. The second-order valence-corrected chi connectivity index (χ2v) is 5.29. The number of hydrogen-bond acceptors (Lipinski definition) is 6. The van der Waals surface area contributed by atoms with Gasteiger partial charge in [0.1, 0.15) is 0 Å². The Hall–Kier alpha value is -1.08. The molecule has 0 aliphatic carbocycles. The zero-order valence-electron chi connectivity index (χ0n) is 11.3. The number of aromatic nitrogens is 2. The molecule has 0 spiro atoms. The van der Waals surface area contributed by atoms with Gasteiger partial charge in [0.15, 0.2) is 0 Å². The highest BCUT2D eigenvalue weighted by Crippen LogP contribution is 2.16. The van der Waals surface area contributed by atoms with Crippen LogP contribution < -0.4 is 5.32 Å². The Balaban J connectivity index is 2.34. The third-order valence-electron chi connectivity index (χ3n) is 2.25. The molecule has 6 nitrogen and oxygen atoms in total. The third kappa shape index (κ3) is 5.50. The minimum Gasteiger partial charge on any atom is -0.415 e. The molecule has 0 bridgehead atoms. The molecule has 1 atom stereocenters. The molecule has 1 aromatic rings. The fourth-order valence-corrected chi connectivity index (χ4v) is 1.77. The van der Waals surface area contributed by atoms with Crippen LogP contribution in [0.1, 0.15) is 26.2 Å². The van der Waals surface area contributed by atoms with Crippen LogP contribution in [-0.4, -0.2) is 46.9 Å². The van der Waals surface area contributed by atoms with Gasteiger partial charge in [-0.05, 0) is 27.4 Å². The summed E-state index contributed by atoms with van der Waals surface area (Å²) in [4.78, 5) is 13.5. The van der Waals surface area contributed by atoms with Crippen LogP contribution in [0.5, 0.6) is 0 Å². The Morgan fingerprint density at radius 3 is 2.83 bits per heavy atom. The van der Waals surface area contributed by atoms with Crippen LogP contribution in [0.25, 0.3) is 0 Å². The molecule has 0 saturated heterocycles. The summed E-state index contributed by atoms with van der Waals surface area (Å²) in [6.07, 6.45) is 0.921. The van der Waals surface area contributed by atoms with E-state index in [9.17, 15) is 4.79 Å². The lowest BCUT2D eigenvalue weighted by molar-refractivity contribution is -0.119. The zero-order valence-corrected chi connectivity index (χ0v) is 12.1. The number of rotatable bonds is 7. The largest absolute Gasteiger partial charge is 0.415 e. The molecule has 0 unspecified atom stereocenters. The van der Waals surface area contributed by atoms with Gasteiger partial charge in [0.2, 0.25) is 11.8 Å². The Bertz CT molecular complexity index is 381. The summed E-state index contributed by atoms with van der Waals surface area (Å²) in [5.41, 5.74) is 0. The number of carbonyl (C=O) groups excluding carboxylic acids is 1. The highest BCUT2D eigenvalue weighted by molar-refractivity contribution is 7.99. The minimum atomic E-state index is -0.0123. The first kappa shape index (κ1) is 15.0. The molecule has 18 heavy (non-hydrogen) atoms. The second-order valence-electron chi connectivity index (χ2n) is 4.36. The molecule has 0 fully saturated rings. The van der Waals surface area contributed by atoms with Gasteiger partial charge in [-0.2, -0.15) is 0 Å². The average Bonchev–Trinajstić information content (AvgIpc) is 2.73. The van der Waals surface area contributed by atoms with E-state index in [0.29, 0.717) is 23.4 Å². The number of thioether (sulfide) groups is 1. The Morgan fingerprint density at radius 2 is 2.22 bits per heavy atom. The molecule has 1 aromatic heterocycles. The van der Waals surface area contributed by atoms with E-state index in [1.807, 2.05) is 32.8 Å². The van der Waals surface area contributed by atoms with Gasteiger partial charge in [0.25, 0.3) is 5.22 Å². The molecule has 0 aliphatic heterocycles. The number of nitrogens with zero attached hydrogens (tertiary/aromatic N) is 3. The highest BCUT2D eigenvalue weighted by Gasteiger charge is 2.11. The molecule has 7 heteroatoms. The van der Waals surface area contributed by atoms with E-state index in [1.54, 1.807) is 0 Å². The number of nitrogens with one attached hydrogen (secondary N) is 1. The van der Waals surface area contributed by atoms with Crippen LogP contribution in [-0.2, 0) is 11.3 Å². The van der Waals surface area contributed by atoms with Crippen molar-refractivity contribution in [3.05, 3.63) is 5.89 Å². The highest BCUT2D eigenvalue weighted by atomic mass is 32.2. The quantitative estimate of drug-likeness (QED) is 0.750. The summed E-state index contributed by atoms with van der Waals surface area (Å²) in [5, 5.41) is 11.1. The van der Waals surface area contributed by atoms with Crippen LogP contribution in [0.4, 0.5) is 0 Å². The average molecular weight is 272 g/mol. The van der Waals surface area contributed by atoms with Crippen LogP contribution in [0.2, 0.25) is 0 Å². The predicted octanol–water partition coefficient (Wildman–Crippen LogP) is 1.14. The lowest BCUT2D eigenvalue weighted by atomic mass is 10.3. The van der Waals surface area contributed by atoms with Gasteiger partial charge in [0.05, 0.1) is 12.3 Å². The molecule has 1 heterocycles. The fourth-order valence-electron chi connectivity index (χ4n) is 1.18. The van der Waals surface area contributed by atoms with Crippen molar-refractivity contribution in [1.82, 2.24) is 20.4 Å². The summed E-state index contributed by atoms with van der Waals surface area (Å²) in [6, 6.07) is 0.199. The van der Waals surface area contributed by atoms with E-state index in [4.69, 9.17) is 4.42 Å². The van der Waals surface area contributed by atoms with Gasteiger partial charge < -0.3 is 14.6 Å². The van der Waals surface area contributed by atoms with E-state index in [0.717, 1.165) is 6.42 Å². The molecule has 0 aliphatic rings. The lowest BCUT2D eigenvalue weighted by Gasteiger charge is -2.09. The molecule has 1 amide bonds. The maximum absolute atomic E-state index is 11.5. The molecule has 0 aromatic carbocycles. The zero-order chi connectivity index (χ0) is 13.5. The van der Waals surface area contributed by atoms with E-state index in [1.165, 1.54) is 11.8 Å². The van der Waals surface area contributed by atoms with E-state index in [-0.39, 0.29) is 11.9 Å². The van der Waals surface area contributed by atoms with Crippen molar-refractivity contribution >= 4 is 17.7 Å².